The molecular formula is C22H17F2N3O. The second-order valence-corrected chi connectivity index (χ2v) is 6.44. The fourth-order valence-electron chi connectivity index (χ4n) is 3.07. The van der Waals surface area contributed by atoms with Crippen LogP contribution in [0.15, 0.2) is 66.7 Å². The molecule has 1 aromatic heterocycles. The van der Waals surface area contributed by atoms with E-state index in [0.717, 1.165) is 34.6 Å². The molecule has 0 spiro atoms. The Morgan fingerprint density at radius 3 is 2.54 bits per heavy atom. The van der Waals surface area contributed by atoms with Crippen LogP contribution in [0.1, 0.15) is 21.7 Å². The van der Waals surface area contributed by atoms with E-state index in [0.29, 0.717) is 18.5 Å². The fraction of sp³-hybridized carbons (Fsp3) is 0.0909. The highest BCUT2D eigenvalue weighted by Crippen LogP contribution is 2.20. The molecule has 1 heterocycles. The minimum absolute atomic E-state index is 0.0611. The Bertz CT molecular complexity index is 1120. The van der Waals surface area contributed by atoms with Gasteiger partial charge in [0.05, 0.1) is 11.0 Å². The Labute approximate surface area is 160 Å². The van der Waals surface area contributed by atoms with Gasteiger partial charge in [0.2, 0.25) is 0 Å². The summed E-state index contributed by atoms with van der Waals surface area (Å²) in [5, 5.41) is 2.78. The lowest BCUT2D eigenvalue weighted by Gasteiger charge is -2.11. The largest absolute Gasteiger partial charge is 0.342 e. The molecule has 0 saturated heterocycles. The molecule has 4 rings (SSSR count). The Balaban J connectivity index is 1.50. The number of benzene rings is 3. The van der Waals surface area contributed by atoms with Crippen molar-refractivity contribution in [2.45, 2.75) is 12.8 Å². The minimum Gasteiger partial charge on any atom is -0.342 e. The van der Waals surface area contributed by atoms with Crippen molar-refractivity contribution in [1.82, 2.24) is 9.97 Å². The molecule has 6 heteroatoms. The Hall–Kier alpha value is -3.54. The molecule has 3 aromatic carbocycles. The van der Waals surface area contributed by atoms with Gasteiger partial charge in [-0.2, -0.15) is 0 Å². The van der Waals surface area contributed by atoms with Crippen molar-refractivity contribution in [2.24, 2.45) is 0 Å². The van der Waals surface area contributed by atoms with E-state index in [9.17, 15) is 13.6 Å². The molecular weight excluding hydrogens is 360 g/mol. The summed E-state index contributed by atoms with van der Waals surface area (Å²) in [5.74, 6) is -1.66. The van der Waals surface area contributed by atoms with Crippen LogP contribution in [0, 0.1) is 11.6 Å². The van der Waals surface area contributed by atoms with Crippen LogP contribution < -0.4 is 5.32 Å². The maximum absolute atomic E-state index is 13.4. The smallest absolute Gasteiger partial charge is 0.255 e. The number of halogens is 2. The number of hydrogen-bond acceptors (Lipinski definition) is 2. The lowest BCUT2D eigenvalue weighted by Crippen LogP contribution is -2.14. The molecule has 1 amide bonds. The number of anilines is 1. The van der Waals surface area contributed by atoms with Crippen LogP contribution in [0.25, 0.3) is 11.0 Å². The van der Waals surface area contributed by atoms with Gasteiger partial charge in [-0.3, -0.25) is 4.79 Å². The number of carbonyl (C=O) groups is 1. The molecule has 0 atom stereocenters. The zero-order valence-corrected chi connectivity index (χ0v) is 14.9. The lowest BCUT2D eigenvalue weighted by molar-refractivity contribution is 0.102. The van der Waals surface area contributed by atoms with Gasteiger partial charge < -0.3 is 10.3 Å². The van der Waals surface area contributed by atoms with Crippen molar-refractivity contribution in [3.05, 3.63) is 95.3 Å². The molecule has 0 radical (unpaired) electrons. The van der Waals surface area contributed by atoms with Crippen LogP contribution in [-0.4, -0.2) is 15.9 Å². The van der Waals surface area contributed by atoms with Gasteiger partial charge in [-0.15, -0.1) is 0 Å². The monoisotopic (exact) mass is 377 g/mol. The lowest BCUT2D eigenvalue weighted by atomic mass is 10.1. The number of aromatic nitrogens is 2. The van der Waals surface area contributed by atoms with Gasteiger partial charge in [-0.25, -0.2) is 13.8 Å². The van der Waals surface area contributed by atoms with Gasteiger partial charge in [0.15, 0.2) is 11.6 Å². The van der Waals surface area contributed by atoms with Crippen LogP contribution in [-0.2, 0) is 12.8 Å². The third-order valence-electron chi connectivity index (χ3n) is 4.52. The van der Waals surface area contributed by atoms with E-state index in [1.165, 1.54) is 6.07 Å². The summed E-state index contributed by atoms with van der Waals surface area (Å²) in [7, 11) is 0. The van der Waals surface area contributed by atoms with Gasteiger partial charge in [0, 0.05) is 17.7 Å². The minimum atomic E-state index is -1.05. The number of imidazole rings is 1. The summed E-state index contributed by atoms with van der Waals surface area (Å²) in [6, 6.07) is 18.3. The van der Waals surface area contributed by atoms with Crippen molar-refractivity contribution in [3.8, 4) is 0 Å². The summed E-state index contributed by atoms with van der Waals surface area (Å²) >= 11 is 0. The van der Waals surface area contributed by atoms with E-state index in [2.05, 4.69) is 15.3 Å². The first-order valence-corrected chi connectivity index (χ1v) is 8.88. The van der Waals surface area contributed by atoms with Crippen LogP contribution in [0.4, 0.5) is 14.5 Å². The number of aryl methyl sites for hydroxylation is 2. The molecule has 0 aliphatic rings. The maximum atomic E-state index is 13.4. The molecule has 140 valence electrons. The number of aromatic amines is 1. The quantitative estimate of drug-likeness (QED) is 0.521. The van der Waals surface area contributed by atoms with Gasteiger partial charge >= 0.3 is 0 Å². The van der Waals surface area contributed by atoms with E-state index < -0.39 is 17.5 Å². The Morgan fingerprint density at radius 2 is 1.71 bits per heavy atom. The number of nitrogens with zero attached hydrogens (tertiary/aromatic N) is 1. The van der Waals surface area contributed by atoms with E-state index in [-0.39, 0.29) is 5.56 Å². The highest BCUT2D eigenvalue weighted by Gasteiger charge is 2.12. The Kier molecular flexibility index (Phi) is 4.85. The predicted molar refractivity (Wildman–Crippen MR) is 104 cm³/mol. The number of nitrogens with one attached hydrogen (secondary N) is 2. The topological polar surface area (TPSA) is 57.8 Å². The van der Waals surface area contributed by atoms with Gasteiger partial charge in [0.1, 0.15) is 5.82 Å². The third-order valence-corrected chi connectivity index (χ3v) is 4.52. The highest BCUT2D eigenvalue weighted by atomic mass is 19.2. The second-order valence-electron chi connectivity index (χ2n) is 6.44. The molecule has 4 aromatic rings. The standard InChI is InChI=1S/C22H17F2N3O/c23-16-11-9-15(13-17(16)24)22(28)27-18-6-2-1-5-14(18)10-12-21-25-19-7-3-4-8-20(19)26-21/h1-9,11,13H,10,12H2,(H,25,26)(H,27,28). The first-order chi connectivity index (χ1) is 13.6. The SMILES string of the molecule is O=C(Nc1ccccc1CCc1nc2ccccc2[nH]1)c1ccc(F)c(F)c1. The number of carbonyl (C=O) groups excluding carboxylic acids is 1. The fourth-order valence-corrected chi connectivity index (χ4v) is 3.07. The zero-order chi connectivity index (χ0) is 19.5. The molecule has 0 fully saturated rings. The Morgan fingerprint density at radius 1 is 0.929 bits per heavy atom. The van der Waals surface area contributed by atoms with Crippen LogP contribution in [0.2, 0.25) is 0 Å². The van der Waals surface area contributed by atoms with E-state index >= 15 is 0 Å². The van der Waals surface area contributed by atoms with Crippen molar-refractivity contribution in [3.63, 3.8) is 0 Å². The second kappa shape index (κ2) is 7.60. The molecule has 28 heavy (non-hydrogen) atoms. The summed E-state index contributed by atoms with van der Waals surface area (Å²) in [6.45, 7) is 0. The van der Waals surface area contributed by atoms with Crippen molar-refractivity contribution in [1.29, 1.82) is 0 Å². The number of H-pyrrole nitrogens is 1. The number of hydrogen-bond donors (Lipinski definition) is 2. The van der Waals surface area contributed by atoms with Crippen molar-refractivity contribution in [2.75, 3.05) is 5.32 Å². The summed E-state index contributed by atoms with van der Waals surface area (Å²) in [5.41, 5.74) is 3.52. The van der Waals surface area contributed by atoms with Crippen LogP contribution >= 0.6 is 0 Å². The van der Waals surface area contributed by atoms with E-state index in [4.69, 9.17) is 0 Å². The number of para-hydroxylation sites is 3. The van der Waals surface area contributed by atoms with Crippen LogP contribution in [0.3, 0.4) is 0 Å². The molecule has 0 aliphatic heterocycles. The number of rotatable bonds is 5. The third kappa shape index (κ3) is 3.76. The summed E-state index contributed by atoms with van der Waals surface area (Å²) < 4.78 is 26.5. The molecule has 0 unspecified atom stereocenters. The predicted octanol–water partition coefficient (Wildman–Crippen LogP) is 4.88. The average molecular weight is 377 g/mol. The molecule has 0 bridgehead atoms. The van der Waals surface area contributed by atoms with Crippen molar-refractivity contribution >= 4 is 22.6 Å². The molecule has 4 nitrogen and oxygen atoms in total. The molecule has 0 aliphatic carbocycles. The highest BCUT2D eigenvalue weighted by molar-refractivity contribution is 6.04. The normalized spacial score (nSPS) is 10.9. The van der Waals surface area contributed by atoms with E-state index in [1.54, 1.807) is 6.07 Å². The average Bonchev–Trinajstić information content (AvgIpc) is 3.12. The molecule has 2 N–H and O–H groups in total. The van der Waals surface area contributed by atoms with Gasteiger partial charge in [-0.05, 0) is 48.4 Å². The van der Waals surface area contributed by atoms with Gasteiger partial charge in [-0.1, -0.05) is 30.3 Å². The van der Waals surface area contributed by atoms with E-state index in [1.807, 2.05) is 42.5 Å². The first-order valence-electron chi connectivity index (χ1n) is 8.88. The zero-order valence-electron chi connectivity index (χ0n) is 14.9. The van der Waals surface area contributed by atoms with Gasteiger partial charge in [0.25, 0.3) is 5.91 Å². The van der Waals surface area contributed by atoms with Crippen LogP contribution in [0.5, 0.6) is 0 Å². The van der Waals surface area contributed by atoms with Crippen molar-refractivity contribution < 1.29 is 13.6 Å². The summed E-state index contributed by atoms with van der Waals surface area (Å²) in [4.78, 5) is 20.3. The first kappa shape index (κ1) is 17.9. The summed E-state index contributed by atoms with van der Waals surface area (Å²) in [6.07, 6.45) is 1.33. The number of amides is 1. The molecule has 0 saturated carbocycles. The maximum Gasteiger partial charge on any atom is 0.255 e. The number of fused-ring (bicyclic) bond motifs is 1.